The van der Waals surface area contributed by atoms with Gasteiger partial charge in [0.15, 0.2) is 0 Å². The molecule has 78 valence electrons. The van der Waals surface area contributed by atoms with Crippen LogP contribution in [-0.2, 0) is 0 Å². The predicted octanol–water partition coefficient (Wildman–Crippen LogP) is 4.06. The van der Waals surface area contributed by atoms with Crippen molar-refractivity contribution >= 4 is 10.9 Å². The first-order valence-corrected chi connectivity index (χ1v) is 5.58. The number of pyridine rings is 1. The fourth-order valence-corrected chi connectivity index (χ4v) is 1.73. The SMILES string of the molecule is CCC(C)c1ccc2ccc(C)cc2n1. The van der Waals surface area contributed by atoms with Crippen LogP contribution in [0.5, 0.6) is 0 Å². The van der Waals surface area contributed by atoms with E-state index in [4.69, 9.17) is 4.98 Å². The Kier molecular flexibility index (Phi) is 2.72. The minimum atomic E-state index is 0.551. The molecule has 1 heteroatoms. The Hall–Kier alpha value is -1.37. The molecule has 0 fully saturated rings. The molecule has 1 aromatic heterocycles. The second-order valence-corrected chi connectivity index (χ2v) is 4.24. The predicted molar refractivity (Wildman–Crippen MR) is 65.2 cm³/mol. The molecule has 1 heterocycles. The third kappa shape index (κ3) is 2.01. The van der Waals surface area contributed by atoms with Crippen molar-refractivity contribution in [1.29, 1.82) is 0 Å². The summed E-state index contributed by atoms with van der Waals surface area (Å²) in [5, 5.41) is 1.23. The van der Waals surface area contributed by atoms with Crippen LogP contribution in [0.15, 0.2) is 30.3 Å². The minimum absolute atomic E-state index is 0.551. The summed E-state index contributed by atoms with van der Waals surface area (Å²) in [4.78, 5) is 4.71. The van der Waals surface area contributed by atoms with Crippen LogP contribution in [0.3, 0.4) is 0 Å². The summed E-state index contributed by atoms with van der Waals surface area (Å²) in [6, 6.07) is 10.7. The van der Waals surface area contributed by atoms with Crippen molar-refractivity contribution in [2.45, 2.75) is 33.1 Å². The maximum absolute atomic E-state index is 4.71. The van der Waals surface area contributed by atoms with Crippen molar-refractivity contribution in [3.63, 3.8) is 0 Å². The summed E-state index contributed by atoms with van der Waals surface area (Å²) in [5.74, 6) is 0.551. The lowest BCUT2D eigenvalue weighted by Gasteiger charge is -2.08. The highest BCUT2D eigenvalue weighted by Gasteiger charge is 2.05. The molecule has 1 nitrogen and oxygen atoms in total. The highest BCUT2D eigenvalue weighted by Crippen LogP contribution is 2.20. The number of hydrogen-bond acceptors (Lipinski definition) is 1. The second kappa shape index (κ2) is 4.01. The Morgan fingerprint density at radius 2 is 1.93 bits per heavy atom. The maximum Gasteiger partial charge on any atom is 0.0708 e. The van der Waals surface area contributed by atoms with E-state index in [2.05, 4.69) is 51.1 Å². The van der Waals surface area contributed by atoms with E-state index in [1.165, 1.54) is 16.6 Å². The summed E-state index contributed by atoms with van der Waals surface area (Å²) >= 11 is 0. The van der Waals surface area contributed by atoms with Gasteiger partial charge in [0.25, 0.3) is 0 Å². The molecule has 0 aliphatic carbocycles. The molecular formula is C14H17N. The van der Waals surface area contributed by atoms with Gasteiger partial charge in [-0.15, -0.1) is 0 Å². The van der Waals surface area contributed by atoms with Crippen LogP contribution < -0.4 is 0 Å². The average molecular weight is 199 g/mol. The molecule has 0 N–H and O–H groups in total. The van der Waals surface area contributed by atoms with Crippen LogP contribution >= 0.6 is 0 Å². The highest BCUT2D eigenvalue weighted by molar-refractivity contribution is 5.79. The van der Waals surface area contributed by atoms with Crippen LogP contribution in [-0.4, -0.2) is 4.98 Å². The molecule has 0 spiro atoms. The molecule has 0 amide bonds. The van der Waals surface area contributed by atoms with Crippen molar-refractivity contribution in [2.24, 2.45) is 0 Å². The van der Waals surface area contributed by atoms with Gasteiger partial charge >= 0.3 is 0 Å². The van der Waals surface area contributed by atoms with Gasteiger partial charge in [0.05, 0.1) is 5.52 Å². The van der Waals surface area contributed by atoms with E-state index in [1.54, 1.807) is 0 Å². The van der Waals surface area contributed by atoms with Gasteiger partial charge in [-0.1, -0.05) is 32.0 Å². The standard InChI is InChI=1S/C14H17N/c1-4-11(3)13-8-7-12-6-5-10(2)9-14(12)15-13/h5-9,11H,4H2,1-3H3. The zero-order chi connectivity index (χ0) is 10.8. The Balaban J connectivity index is 2.54. The Labute approximate surface area is 91.2 Å². The molecule has 0 saturated heterocycles. The zero-order valence-electron chi connectivity index (χ0n) is 9.62. The molecule has 1 atom stereocenters. The van der Waals surface area contributed by atoms with Crippen molar-refractivity contribution in [2.75, 3.05) is 0 Å². The molecule has 0 saturated carbocycles. The Bertz CT molecular complexity index is 474. The number of hydrogen-bond donors (Lipinski definition) is 0. The van der Waals surface area contributed by atoms with Gasteiger partial charge in [0.2, 0.25) is 0 Å². The molecule has 0 aliphatic heterocycles. The van der Waals surface area contributed by atoms with Gasteiger partial charge in [-0.3, -0.25) is 4.98 Å². The summed E-state index contributed by atoms with van der Waals surface area (Å²) in [6.45, 7) is 6.54. The molecule has 2 aromatic rings. The first kappa shape index (κ1) is 10.2. The van der Waals surface area contributed by atoms with Crippen LogP contribution in [0.2, 0.25) is 0 Å². The van der Waals surface area contributed by atoms with E-state index >= 15 is 0 Å². The molecule has 1 unspecified atom stereocenters. The summed E-state index contributed by atoms with van der Waals surface area (Å²) in [6.07, 6.45) is 1.14. The van der Waals surface area contributed by atoms with Crippen molar-refractivity contribution in [3.8, 4) is 0 Å². The van der Waals surface area contributed by atoms with Crippen LogP contribution in [0, 0.1) is 6.92 Å². The van der Waals surface area contributed by atoms with Crippen molar-refractivity contribution in [3.05, 3.63) is 41.6 Å². The number of fused-ring (bicyclic) bond motifs is 1. The largest absolute Gasteiger partial charge is 0.253 e. The number of aryl methyl sites for hydroxylation is 1. The topological polar surface area (TPSA) is 12.9 Å². The quantitative estimate of drug-likeness (QED) is 0.710. The normalized spacial score (nSPS) is 13.0. The van der Waals surface area contributed by atoms with E-state index in [0.29, 0.717) is 5.92 Å². The van der Waals surface area contributed by atoms with E-state index < -0.39 is 0 Å². The average Bonchev–Trinajstić information content (AvgIpc) is 2.27. The Morgan fingerprint density at radius 3 is 2.67 bits per heavy atom. The molecule has 0 radical (unpaired) electrons. The van der Waals surface area contributed by atoms with E-state index in [-0.39, 0.29) is 0 Å². The zero-order valence-corrected chi connectivity index (χ0v) is 9.62. The molecule has 15 heavy (non-hydrogen) atoms. The van der Waals surface area contributed by atoms with E-state index in [1.807, 2.05) is 0 Å². The molecular weight excluding hydrogens is 182 g/mol. The van der Waals surface area contributed by atoms with Crippen LogP contribution in [0.25, 0.3) is 10.9 Å². The minimum Gasteiger partial charge on any atom is -0.253 e. The molecule has 0 aliphatic rings. The number of rotatable bonds is 2. The van der Waals surface area contributed by atoms with Crippen molar-refractivity contribution < 1.29 is 0 Å². The van der Waals surface area contributed by atoms with Crippen LogP contribution in [0.4, 0.5) is 0 Å². The number of benzene rings is 1. The maximum atomic E-state index is 4.71. The summed E-state index contributed by atoms with van der Waals surface area (Å²) in [7, 11) is 0. The number of aromatic nitrogens is 1. The first-order chi connectivity index (χ1) is 7.20. The van der Waals surface area contributed by atoms with E-state index in [9.17, 15) is 0 Å². The Morgan fingerprint density at radius 1 is 1.20 bits per heavy atom. The summed E-state index contributed by atoms with van der Waals surface area (Å²) in [5.41, 5.74) is 3.60. The van der Waals surface area contributed by atoms with Gasteiger partial charge in [-0.25, -0.2) is 0 Å². The van der Waals surface area contributed by atoms with Gasteiger partial charge in [-0.05, 0) is 37.0 Å². The van der Waals surface area contributed by atoms with Crippen LogP contribution in [0.1, 0.15) is 37.4 Å². The van der Waals surface area contributed by atoms with Gasteiger partial charge in [0, 0.05) is 11.1 Å². The molecule has 0 bridgehead atoms. The molecule has 1 aromatic carbocycles. The van der Waals surface area contributed by atoms with E-state index in [0.717, 1.165) is 11.9 Å². The smallest absolute Gasteiger partial charge is 0.0708 e. The fourth-order valence-electron chi connectivity index (χ4n) is 1.73. The third-order valence-corrected chi connectivity index (χ3v) is 2.99. The lowest BCUT2D eigenvalue weighted by atomic mass is 10.0. The van der Waals surface area contributed by atoms with Gasteiger partial charge in [-0.2, -0.15) is 0 Å². The lowest BCUT2D eigenvalue weighted by molar-refractivity contribution is 0.712. The molecule has 2 rings (SSSR count). The van der Waals surface area contributed by atoms with Gasteiger partial charge in [0.1, 0.15) is 0 Å². The van der Waals surface area contributed by atoms with Gasteiger partial charge < -0.3 is 0 Å². The monoisotopic (exact) mass is 199 g/mol. The fraction of sp³-hybridized carbons (Fsp3) is 0.357. The van der Waals surface area contributed by atoms with Crippen molar-refractivity contribution in [1.82, 2.24) is 4.98 Å². The first-order valence-electron chi connectivity index (χ1n) is 5.58. The summed E-state index contributed by atoms with van der Waals surface area (Å²) < 4.78 is 0. The third-order valence-electron chi connectivity index (χ3n) is 2.99. The lowest BCUT2D eigenvalue weighted by Crippen LogP contribution is -1.95. The second-order valence-electron chi connectivity index (χ2n) is 4.24. The number of nitrogens with zero attached hydrogens (tertiary/aromatic N) is 1. The highest BCUT2D eigenvalue weighted by atomic mass is 14.7.